The van der Waals surface area contributed by atoms with Gasteiger partial charge in [-0.3, -0.25) is 33.2 Å². The van der Waals surface area contributed by atoms with Crippen molar-refractivity contribution >= 4 is 60.4 Å². The molecule has 9 rings (SSSR count). The summed E-state index contributed by atoms with van der Waals surface area (Å²) >= 11 is 11.9. The number of carbonyl (C=O) groups is 1. The lowest BCUT2D eigenvalue weighted by Crippen LogP contribution is -2.54. The standard InChI is InChI=1S/C23H23ClF3N5O4S.C22H26ClFN4O4S/c24-19-9-16(3-4-20(19)25)32(37(33,34)18-5-7-31(8-6-18)17-12-35-13-17)11-15-2-1-14(10-28-15)22-29-30-23(36-22)21(26)27;23-20-9-17(3-4-21(20)24)28(12-16-2-1-15(11-26-16)22(29)10-25)33(30,31)19-5-7-27(8-6-19)18-13-32-14-18/h1-4,9-10,17-18,21H,5-8,11-13H2;1-4,9,11,18-19H,5-8,10,12-14,25H2. The molecule has 4 aliphatic heterocycles. The Morgan fingerprint density at radius 1 is 0.700 bits per heavy atom. The Morgan fingerprint density at radius 2 is 1.17 bits per heavy atom. The maximum Gasteiger partial charge on any atom is 0.314 e. The molecular formula is C45H49Cl2F4N9O8S2. The predicted octanol–water partition coefficient (Wildman–Crippen LogP) is 6.28. The van der Waals surface area contributed by atoms with E-state index >= 15 is 0 Å². The van der Waals surface area contributed by atoms with Gasteiger partial charge in [0.2, 0.25) is 25.9 Å². The first-order valence-corrected chi connectivity index (χ1v) is 26.1. The highest BCUT2D eigenvalue weighted by atomic mass is 35.5. The van der Waals surface area contributed by atoms with Crippen LogP contribution in [-0.4, -0.2) is 134 Å². The lowest BCUT2D eigenvalue weighted by atomic mass is 10.1. The van der Waals surface area contributed by atoms with E-state index < -0.39 is 54.5 Å². The molecule has 3 aromatic heterocycles. The van der Waals surface area contributed by atoms with E-state index in [2.05, 4.69) is 30.0 Å². The third-order valence-electron chi connectivity index (χ3n) is 12.7. The molecule has 0 spiro atoms. The number of halogens is 6. The van der Waals surface area contributed by atoms with Gasteiger partial charge in [-0.2, -0.15) is 8.78 Å². The minimum absolute atomic E-state index is 0.0714. The minimum atomic E-state index is -3.88. The number of likely N-dealkylation sites (tertiary alicyclic amines) is 2. The van der Waals surface area contributed by atoms with Gasteiger partial charge >= 0.3 is 6.43 Å². The Labute approximate surface area is 412 Å². The highest BCUT2D eigenvalue weighted by molar-refractivity contribution is 7.93. The molecule has 0 amide bonds. The van der Waals surface area contributed by atoms with Gasteiger partial charge in [-0.15, -0.1) is 10.2 Å². The van der Waals surface area contributed by atoms with Crippen LogP contribution in [0.2, 0.25) is 10.0 Å². The molecule has 2 aromatic carbocycles. The van der Waals surface area contributed by atoms with E-state index in [1.54, 1.807) is 12.1 Å². The van der Waals surface area contributed by atoms with Gasteiger partial charge in [-0.05, 0) is 113 Å². The van der Waals surface area contributed by atoms with E-state index in [1.807, 2.05) is 0 Å². The molecule has 0 saturated carbocycles. The zero-order chi connectivity index (χ0) is 49.7. The van der Waals surface area contributed by atoms with E-state index in [4.69, 9.17) is 42.8 Å². The van der Waals surface area contributed by atoms with Crippen LogP contribution in [0.1, 0.15) is 59.7 Å². The second-order valence-corrected chi connectivity index (χ2v) is 22.2. The topological polar surface area (TPSA) is 207 Å². The number of hydrogen-bond acceptors (Lipinski definition) is 15. The number of pyridine rings is 2. The number of aromatic nitrogens is 4. The molecule has 376 valence electrons. The molecule has 4 saturated heterocycles. The van der Waals surface area contributed by atoms with Crippen LogP contribution in [0.25, 0.3) is 11.5 Å². The van der Waals surface area contributed by atoms with Crippen LogP contribution in [0, 0.1) is 11.6 Å². The Kier molecular flexibility index (Phi) is 16.4. The van der Waals surface area contributed by atoms with Crippen molar-refractivity contribution in [3.8, 4) is 11.5 Å². The van der Waals surface area contributed by atoms with Crippen LogP contribution in [0.3, 0.4) is 0 Å². The van der Waals surface area contributed by atoms with Crippen LogP contribution in [0.5, 0.6) is 0 Å². The number of anilines is 2. The second kappa shape index (κ2) is 22.3. The first-order chi connectivity index (χ1) is 33.5. The molecule has 70 heavy (non-hydrogen) atoms. The summed E-state index contributed by atoms with van der Waals surface area (Å²) in [5.41, 5.74) is 7.33. The summed E-state index contributed by atoms with van der Waals surface area (Å²) in [6, 6.07) is 14.5. The molecule has 0 unspecified atom stereocenters. The molecule has 5 aromatic rings. The SMILES string of the molecule is NCC(=O)c1ccc(CN(c2ccc(F)c(Cl)c2)S(=O)(=O)C2CCN(C3COC3)CC2)nc1.O=S(=O)(C1CCN(C2COC2)CC1)N(Cc1ccc(-c2nnc(C(F)F)o2)cn1)c1ccc(F)c(Cl)c1. The molecule has 4 fully saturated rings. The highest BCUT2D eigenvalue weighted by Gasteiger charge is 2.40. The van der Waals surface area contributed by atoms with Crippen molar-refractivity contribution in [2.24, 2.45) is 5.73 Å². The fourth-order valence-corrected chi connectivity index (χ4v) is 12.5. The molecular weight excluding hydrogens is 1010 g/mol. The average Bonchev–Trinajstić information content (AvgIpc) is 3.83. The zero-order valence-electron chi connectivity index (χ0n) is 37.4. The predicted molar refractivity (Wildman–Crippen MR) is 252 cm³/mol. The number of ether oxygens (including phenoxy) is 2. The maximum atomic E-state index is 13.9. The lowest BCUT2D eigenvalue weighted by Gasteiger charge is -2.42. The summed E-state index contributed by atoms with van der Waals surface area (Å²) in [6.07, 6.45) is 1.68. The third-order valence-corrected chi connectivity index (χ3v) is 17.8. The zero-order valence-corrected chi connectivity index (χ0v) is 40.6. The number of Topliss-reactive ketones (excluding diaryl/α,β-unsaturated/α-hetero) is 1. The van der Waals surface area contributed by atoms with Crippen LogP contribution >= 0.6 is 23.2 Å². The first-order valence-electron chi connectivity index (χ1n) is 22.3. The number of nitrogens with two attached hydrogens (primary N) is 1. The summed E-state index contributed by atoms with van der Waals surface area (Å²) in [6.45, 7) is 4.94. The quantitative estimate of drug-likeness (QED) is 0.0853. The lowest BCUT2D eigenvalue weighted by molar-refractivity contribution is -0.0695. The number of sulfonamides is 2. The van der Waals surface area contributed by atoms with Crippen LogP contribution < -0.4 is 14.3 Å². The molecule has 0 radical (unpaired) electrons. The summed E-state index contributed by atoms with van der Waals surface area (Å²) < 4.78 is 126. The normalized spacial score (nSPS) is 17.9. The van der Waals surface area contributed by atoms with E-state index in [-0.39, 0.29) is 52.7 Å². The number of piperidine rings is 2. The summed E-state index contributed by atoms with van der Waals surface area (Å²) in [4.78, 5) is 24.8. The molecule has 25 heteroatoms. The maximum absolute atomic E-state index is 13.9. The number of nitrogens with zero attached hydrogens (tertiary/aromatic N) is 8. The number of carbonyl (C=O) groups excluding carboxylic acids is 1. The molecule has 7 heterocycles. The third kappa shape index (κ3) is 11.7. The number of rotatable bonds is 16. The fraction of sp³-hybridized carbons (Fsp3) is 0.444. The molecule has 17 nitrogen and oxygen atoms in total. The number of hydrogen-bond donors (Lipinski definition) is 1. The van der Waals surface area contributed by atoms with Gasteiger partial charge in [0.25, 0.3) is 5.89 Å². The number of ketones is 1. The van der Waals surface area contributed by atoms with E-state index in [1.165, 1.54) is 57.4 Å². The fourth-order valence-electron chi connectivity index (χ4n) is 8.42. The number of benzene rings is 2. The van der Waals surface area contributed by atoms with Gasteiger partial charge in [-0.1, -0.05) is 23.2 Å². The highest BCUT2D eigenvalue weighted by Crippen LogP contribution is 2.34. The van der Waals surface area contributed by atoms with Crippen molar-refractivity contribution in [1.29, 1.82) is 0 Å². The van der Waals surface area contributed by atoms with Crippen LogP contribution in [0.15, 0.2) is 77.5 Å². The summed E-state index contributed by atoms with van der Waals surface area (Å²) in [5, 5.41) is 5.29. The molecule has 0 aliphatic carbocycles. The van der Waals surface area contributed by atoms with Gasteiger partial charge < -0.3 is 19.6 Å². The smallest absolute Gasteiger partial charge is 0.314 e. The summed E-state index contributed by atoms with van der Waals surface area (Å²) in [5.74, 6) is -2.48. The Bertz CT molecular complexity index is 2830. The van der Waals surface area contributed by atoms with E-state index in [0.29, 0.717) is 113 Å². The second-order valence-electron chi connectivity index (χ2n) is 17.1. The van der Waals surface area contributed by atoms with Gasteiger partial charge in [-0.25, -0.2) is 25.6 Å². The largest absolute Gasteiger partial charge is 0.415 e. The van der Waals surface area contributed by atoms with Crippen molar-refractivity contribution in [2.45, 2.75) is 67.8 Å². The van der Waals surface area contributed by atoms with Crippen molar-refractivity contribution in [1.82, 2.24) is 30.0 Å². The molecule has 4 aliphatic rings. The van der Waals surface area contributed by atoms with Gasteiger partial charge in [0.15, 0.2) is 5.78 Å². The van der Waals surface area contributed by atoms with Crippen LogP contribution in [-0.2, 0) is 42.6 Å². The van der Waals surface area contributed by atoms with Gasteiger partial charge in [0, 0.05) is 18.0 Å². The average molecular weight is 1050 g/mol. The number of alkyl halides is 2. The van der Waals surface area contributed by atoms with Crippen molar-refractivity contribution in [3.63, 3.8) is 0 Å². The van der Waals surface area contributed by atoms with Crippen LogP contribution in [0.4, 0.5) is 28.9 Å². The van der Waals surface area contributed by atoms with Crippen molar-refractivity contribution < 1.29 is 53.1 Å². The van der Waals surface area contributed by atoms with E-state index in [9.17, 15) is 39.2 Å². The molecule has 2 N–H and O–H groups in total. The minimum Gasteiger partial charge on any atom is -0.415 e. The monoisotopic (exact) mass is 1050 g/mol. The van der Waals surface area contributed by atoms with Crippen molar-refractivity contribution in [3.05, 3.63) is 118 Å². The summed E-state index contributed by atoms with van der Waals surface area (Å²) in [7, 11) is -7.69. The Morgan fingerprint density at radius 3 is 1.53 bits per heavy atom. The molecule has 0 atom stereocenters. The van der Waals surface area contributed by atoms with Crippen molar-refractivity contribution in [2.75, 3.05) is 67.8 Å². The first kappa shape index (κ1) is 51.5. The Hall–Kier alpha value is -4.85. The Balaban J connectivity index is 0.000000190. The van der Waals surface area contributed by atoms with Gasteiger partial charge in [0.1, 0.15) is 11.6 Å². The van der Waals surface area contributed by atoms with E-state index in [0.717, 1.165) is 12.1 Å². The van der Waals surface area contributed by atoms with Gasteiger partial charge in [0.05, 0.1) is 107 Å². The molecule has 0 bridgehead atoms.